The van der Waals surface area contributed by atoms with Crippen LogP contribution in [-0.2, 0) is 6.54 Å². The molecule has 20 heavy (non-hydrogen) atoms. The van der Waals surface area contributed by atoms with Crippen LogP contribution in [0, 0.1) is 6.92 Å². The molecule has 0 bridgehead atoms. The summed E-state index contributed by atoms with van der Waals surface area (Å²) < 4.78 is 1.90. The zero-order chi connectivity index (χ0) is 13.9. The number of hydrogen-bond acceptors (Lipinski definition) is 2. The molecule has 0 saturated carbocycles. The molecular weight excluding hydrogens is 270 g/mol. The molecule has 0 unspecified atom stereocenters. The Hall–Kier alpha value is -2.13. The zero-order valence-electron chi connectivity index (χ0n) is 11.1. The van der Waals surface area contributed by atoms with E-state index in [0.29, 0.717) is 5.15 Å². The topological polar surface area (TPSA) is 30.7 Å². The smallest absolute Gasteiger partial charge is 0.137 e. The number of pyridine rings is 1. The Morgan fingerprint density at radius 1 is 1.10 bits per heavy atom. The van der Waals surface area contributed by atoms with E-state index in [4.69, 9.17) is 11.6 Å². The molecule has 0 amide bonds. The van der Waals surface area contributed by atoms with Gasteiger partial charge in [0.1, 0.15) is 5.15 Å². The fourth-order valence-corrected chi connectivity index (χ4v) is 2.41. The Labute approximate surface area is 122 Å². The van der Waals surface area contributed by atoms with Crippen molar-refractivity contribution in [2.24, 2.45) is 0 Å². The Kier molecular flexibility index (Phi) is 3.52. The molecule has 0 spiro atoms. The summed E-state index contributed by atoms with van der Waals surface area (Å²) in [7, 11) is 0. The van der Waals surface area contributed by atoms with Crippen molar-refractivity contribution in [1.29, 1.82) is 0 Å². The van der Waals surface area contributed by atoms with E-state index in [1.807, 2.05) is 54.3 Å². The minimum Gasteiger partial charge on any atom is -0.268 e. The average Bonchev–Trinajstić information content (AvgIpc) is 2.88. The maximum Gasteiger partial charge on any atom is 0.137 e. The van der Waals surface area contributed by atoms with E-state index in [0.717, 1.165) is 23.4 Å². The highest BCUT2D eigenvalue weighted by Gasteiger charge is 2.07. The van der Waals surface area contributed by atoms with Crippen LogP contribution in [-0.4, -0.2) is 14.8 Å². The maximum absolute atomic E-state index is 6.19. The van der Waals surface area contributed by atoms with Gasteiger partial charge in [-0.2, -0.15) is 5.10 Å². The normalized spacial score (nSPS) is 10.7. The van der Waals surface area contributed by atoms with Crippen LogP contribution in [0.4, 0.5) is 0 Å². The zero-order valence-corrected chi connectivity index (χ0v) is 11.9. The van der Waals surface area contributed by atoms with Crippen molar-refractivity contribution in [1.82, 2.24) is 14.8 Å². The van der Waals surface area contributed by atoms with Crippen LogP contribution in [0.2, 0.25) is 5.15 Å². The van der Waals surface area contributed by atoms with Gasteiger partial charge in [0.25, 0.3) is 0 Å². The molecule has 0 fully saturated rings. The third-order valence-corrected chi connectivity index (χ3v) is 3.41. The molecule has 0 saturated heterocycles. The van der Waals surface area contributed by atoms with Gasteiger partial charge in [-0.3, -0.25) is 4.68 Å². The molecule has 0 aliphatic rings. The Morgan fingerprint density at radius 3 is 2.65 bits per heavy atom. The first-order valence-electron chi connectivity index (χ1n) is 6.42. The molecule has 0 aliphatic heterocycles. The number of rotatable bonds is 3. The molecule has 0 aliphatic carbocycles. The highest BCUT2D eigenvalue weighted by atomic mass is 35.5. The Balaban J connectivity index is 1.87. The van der Waals surface area contributed by atoms with Crippen molar-refractivity contribution in [3.8, 4) is 11.1 Å². The largest absolute Gasteiger partial charge is 0.268 e. The molecule has 4 heteroatoms. The SMILES string of the molecule is Cc1ccc(-c2cnn(Cc3ccccc3)c2)c(Cl)n1. The standard InChI is InChI=1S/C16H14ClN3/c1-12-7-8-15(16(17)19-12)14-9-18-20(11-14)10-13-5-3-2-4-6-13/h2-9,11H,10H2,1H3. The second kappa shape index (κ2) is 5.47. The number of nitrogens with zero attached hydrogens (tertiary/aromatic N) is 3. The lowest BCUT2D eigenvalue weighted by Gasteiger charge is -2.02. The summed E-state index contributed by atoms with van der Waals surface area (Å²) in [5.74, 6) is 0. The molecule has 0 N–H and O–H groups in total. The van der Waals surface area contributed by atoms with Crippen molar-refractivity contribution in [2.75, 3.05) is 0 Å². The van der Waals surface area contributed by atoms with Crippen LogP contribution in [0.15, 0.2) is 54.9 Å². The van der Waals surface area contributed by atoms with E-state index in [-0.39, 0.29) is 0 Å². The van der Waals surface area contributed by atoms with Gasteiger partial charge in [-0.15, -0.1) is 0 Å². The van der Waals surface area contributed by atoms with Crippen LogP contribution in [0.5, 0.6) is 0 Å². The quantitative estimate of drug-likeness (QED) is 0.681. The number of halogens is 1. The van der Waals surface area contributed by atoms with Crippen molar-refractivity contribution >= 4 is 11.6 Å². The van der Waals surface area contributed by atoms with E-state index in [1.54, 1.807) is 0 Å². The molecule has 3 rings (SSSR count). The second-order valence-electron chi connectivity index (χ2n) is 4.70. The predicted molar refractivity (Wildman–Crippen MR) is 80.7 cm³/mol. The van der Waals surface area contributed by atoms with Gasteiger partial charge in [-0.05, 0) is 24.6 Å². The highest BCUT2D eigenvalue weighted by molar-refractivity contribution is 6.32. The summed E-state index contributed by atoms with van der Waals surface area (Å²) in [5, 5.41) is 4.90. The molecule has 100 valence electrons. The van der Waals surface area contributed by atoms with E-state index in [9.17, 15) is 0 Å². The average molecular weight is 284 g/mol. The van der Waals surface area contributed by atoms with Crippen molar-refractivity contribution in [3.63, 3.8) is 0 Å². The van der Waals surface area contributed by atoms with Crippen LogP contribution in [0.3, 0.4) is 0 Å². The first kappa shape index (κ1) is 12.9. The van der Waals surface area contributed by atoms with Gasteiger partial charge < -0.3 is 0 Å². The lowest BCUT2D eigenvalue weighted by atomic mass is 10.1. The monoisotopic (exact) mass is 283 g/mol. The summed E-state index contributed by atoms with van der Waals surface area (Å²) in [6.45, 7) is 2.67. The van der Waals surface area contributed by atoms with E-state index in [1.165, 1.54) is 5.56 Å². The van der Waals surface area contributed by atoms with Gasteiger partial charge in [0.05, 0.1) is 12.7 Å². The summed E-state index contributed by atoms with van der Waals surface area (Å²) in [4.78, 5) is 4.27. The van der Waals surface area contributed by atoms with Gasteiger partial charge in [0.15, 0.2) is 0 Å². The number of aryl methyl sites for hydroxylation is 1. The Morgan fingerprint density at radius 2 is 1.90 bits per heavy atom. The molecular formula is C16H14ClN3. The molecule has 0 atom stereocenters. The first-order chi connectivity index (χ1) is 9.72. The van der Waals surface area contributed by atoms with E-state index in [2.05, 4.69) is 22.2 Å². The fourth-order valence-electron chi connectivity index (χ4n) is 2.10. The molecule has 0 radical (unpaired) electrons. The maximum atomic E-state index is 6.19. The van der Waals surface area contributed by atoms with Gasteiger partial charge in [-0.1, -0.05) is 41.9 Å². The highest BCUT2D eigenvalue weighted by Crippen LogP contribution is 2.26. The summed E-state index contributed by atoms with van der Waals surface area (Å²) in [5.41, 5.74) is 4.03. The lowest BCUT2D eigenvalue weighted by molar-refractivity contribution is 0.687. The molecule has 2 heterocycles. The second-order valence-corrected chi connectivity index (χ2v) is 5.06. The summed E-state index contributed by atoms with van der Waals surface area (Å²) in [6, 6.07) is 14.2. The van der Waals surface area contributed by atoms with E-state index >= 15 is 0 Å². The minimum atomic E-state index is 0.518. The van der Waals surface area contributed by atoms with Crippen molar-refractivity contribution < 1.29 is 0 Å². The number of hydrogen-bond donors (Lipinski definition) is 0. The van der Waals surface area contributed by atoms with Crippen LogP contribution in [0.1, 0.15) is 11.3 Å². The van der Waals surface area contributed by atoms with Gasteiger partial charge in [0.2, 0.25) is 0 Å². The van der Waals surface area contributed by atoms with Gasteiger partial charge in [-0.25, -0.2) is 4.98 Å². The molecule has 3 nitrogen and oxygen atoms in total. The number of benzene rings is 1. The fraction of sp³-hybridized carbons (Fsp3) is 0.125. The molecule has 2 aromatic heterocycles. The predicted octanol–water partition coefficient (Wildman–Crippen LogP) is 3.96. The van der Waals surface area contributed by atoms with E-state index < -0.39 is 0 Å². The molecule has 1 aromatic carbocycles. The Bertz CT molecular complexity index is 720. The van der Waals surface area contributed by atoms with Crippen molar-refractivity contribution in [3.05, 3.63) is 71.3 Å². The van der Waals surface area contributed by atoms with Crippen LogP contribution in [0.25, 0.3) is 11.1 Å². The first-order valence-corrected chi connectivity index (χ1v) is 6.80. The third kappa shape index (κ3) is 2.73. The van der Waals surface area contributed by atoms with Gasteiger partial charge in [0, 0.05) is 23.0 Å². The van der Waals surface area contributed by atoms with Crippen LogP contribution < -0.4 is 0 Å². The third-order valence-electron chi connectivity index (χ3n) is 3.12. The van der Waals surface area contributed by atoms with Gasteiger partial charge >= 0.3 is 0 Å². The molecule has 3 aromatic rings. The lowest BCUT2D eigenvalue weighted by Crippen LogP contribution is -1.99. The summed E-state index contributed by atoms with van der Waals surface area (Å²) in [6.07, 6.45) is 3.81. The summed E-state index contributed by atoms with van der Waals surface area (Å²) >= 11 is 6.19. The number of aromatic nitrogens is 3. The van der Waals surface area contributed by atoms with Crippen LogP contribution >= 0.6 is 11.6 Å². The van der Waals surface area contributed by atoms with Crippen molar-refractivity contribution in [2.45, 2.75) is 13.5 Å². The minimum absolute atomic E-state index is 0.518.